The Morgan fingerprint density at radius 1 is 1.12 bits per heavy atom. The lowest BCUT2D eigenvalue weighted by Gasteiger charge is -2.10. The van der Waals surface area contributed by atoms with E-state index in [1.54, 1.807) is 0 Å². The first kappa shape index (κ1) is 19.5. The first-order valence-corrected chi connectivity index (χ1v) is 9.48. The SMILES string of the molecule is CC(CO)CCCNS(=O)(=O)c1ccc(-c2ccc(F)cc2F)cc1. The summed E-state index contributed by atoms with van der Waals surface area (Å²) < 4.78 is 53.7. The number of halogens is 2. The number of nitrogens with one attached hydrogen (secondary N) is 1. The molecule has 0 bridgehead atoms. The van der Waals surface area contributed by atoms with Gasteiger partial charge in [-0.25, -0.2) is 21.9 Å². The third-order valence-electron chi connectivity index (χ3n) is 3.88. The van der Waals surface area contributed by atoms with Crippen LogP contribution < -0.4 is 4.72 Å². The number of aliphatic hydroxyl groups is 1. The molecule has 1 atom stereocenters. The molecule has 0 saturated carbocycles. The zero-order valence-corrected chi connectivity index (χ0v) is 14.7. The molecule has 0 aromatic heterocycles. The molecule has 0 aliphatic carbocycles. The standard InChI is InChI=1S/C18H21F2NO3S/c1-13(12-22)3-2-10-21-25(23,24)16-7-4-14(5-8-16)17-9-6-15(19)11-18(17)20/h4-9,11,13,21-22H,2-3,10,12H2,1H3. The van der Waals surface area contributed by atoms with Crippen LogP contribution in [0.1, 0.15) is 19.8 Å². The second-order valence-electron chi connectivity index (χ2n) is 5.98. The van der Waals surface area contributed by atoms with Crippen molar-refractivity contribution in [1.82, 2.24) is 4.72 Å². The van der Waals surface area contributed by atoms with Crippen LogP contribution in [0, 0.1) is 17.6 Å². The number of hydrogen-bond acceptors (Lipinski definition) is 3. The second kappa shape index (κ2) is 8.51. The van der Waals surface area contributed by atoms with Crippen LogP contribution in [0.15, 0.2) is 47.4 Å². The summed E-state index contributed by atoms with van der Waals surface area (Å²) in [6.45, 7) is 2.25. The summed E-state index contributed by atoms with van der Waals surface area (Å²) in [5.41, 5.74) is 0.671. The van der Waals surface area contributed by atoms with Gasteiger partial charge in [-0.15, -0.1) is 0 Å². The summed E-state index contributed by atoms with van der Waals surface area (Å²) in [6, 6.07) is 8.99. The van der Waals surface area contributed by atoms with E-state index in [1.165, 1.54) is 30.3 Å². The molecule has 25 heavy (non-hydrogen) atoms. The molecule has 2 aromatic rings. The van der Waals surface area contributed by atoms with Gasteiger partial charge in [0.15, 0.2) is 0 Å². The van der Waals surface area contributed by atoms with Crippen LogP contribution in [-0.2, 0) is 10.0 Å². The van der Waals surface area contributed by atoms with E-state index >= 15 is 0 Å². The Hall–Kier alpha value is -1.83. The molecular formula is C18H21F2NO3S. The van der Waals surface area contributed by atoms with Gasteiger partial charge in [-0.2, -0.15) is 0 Å². The third-order valence-corrected chi connectivity index (χ3v) is 5.36. The van der Waals surface area contributed by atoms with Gasteiger partial charge in [-0.05, 0) is 48.6 Å². The van der Waals surface area contributed by atoms with Crippen LogP contribution >= 0.6 is 0 Å². The second-order valence-corrected chi connectivity index (χ2v) is 7.74. The summed E-state index contributed by atoms with van der Waals surface area (Å²) in [5, 5.41) is 8.94. The summed E-state index contributed by atoms with van der Waals surface area (Å²) in [4.78, 5) is 0.0778. The van der Waals surface area contributed by atoms with E-state index < -0.39 is 21.7 Å². The van der Waals surface area contributed by atoms with Gasteiger partial charge in [0.2, 0.25) is 10.0 Å². The molecule has 0 heterocycles. The van der Waals surface area contributed by atoms with Gasteiger partial charge < -0.3 is 5.11 Å². The zero-order chi connectivity index (χ0) is 18.4. The molecule has 7 heteroatoms. The minimum Gasteiger partial charge on any atom is -0.396 e. The largest absolute Gasteiger partial charge is 0.396 e. The van der Waals surface area contributed by atoms with Crippen molar-refractivity contribution in [2.45, 2.75) is 24.7 Å². The third kappa shape index (κ3) is 5.32. The van der Waals surface area contributed by atoms with Gasteiger partial charge in [0.1, 0.15) is 11.6 Å². The van der Waals surface area contributed by atoms with Crippen molar-refractivity contribution in [3.05, 3.63) is 54.1 Å². The number of rotatable bonds is 8. The van der Waals surface area contributed by atoms with Crippen molar-refractivity contribution < 1.29 is 22.3 Å². The fraction of sp³-hybridized carbons (Fsp3) is 0.333. The Balaban J connectivity index is 2.05. The molecule has 0 spiro atoms. The van der Waals surface area contributed by atoms with Crippen molar-refractivity contribution in [3.63, 3.8) is 0 Å². The molecule has 2 N–H and O–H groups in total. The van der Waals surface area contributed by atoms with Crippen LogP contribution in [0.25, 0.3) is 11.1 Å². The molecule has 2 aromatic carbocycles. The van der Waals surface area contributed by atoms with Crippen LogP contribution in [0.3, 0.4) is 0 Å². The maximum absolute atomic E-state index is 13.8. The maximum atomic E-state index is 13.8. The molecule has 0 radical (unpaired) electrons. The fourth-order valence-electron chi connectivity index (χ4n) is 2.37. The van der Waals surface area contributed by atoms with Crippen molar-refractivity contribution >= 4 is 10.0 Å². The molecule has 4 nitrogen and oxygen atoms in total. The summed E-state index contributed by atoms with van der Waals surface area (Å²) in [6.07, 6.45) is 1.35. The molecule has 136 valence electrons. The van der Waals surface area contributed by atoms with Gasteiger partial charge in [0.25, 0.3) is 0 Å². The highest BCUT2D eigenvalue weighted by atomic mass is 32.2. The summed E-state index contributed by atoms with van der Waals surface area (Å²) >= 11 is 0. The number of aliphatic hydroxyl groups excluding tert-OH is 1. The first-order chi connectivity index (χ1) is 11.8. The average molecular weight is 369 g/mol. The minimum atomic E-state index is -3.65. The van der Waals surface area contributed by atoms with Crippen molar-refractivity contribution in [1.29, 1.82) is 0 Å². The molecular weight excluding hydrogens is 348 g/mol. The van der Waals surface area contributed by atoms with Crippen molar-refractivity contribution in [3.8, 4) is 11.1 Å². The van der Waals surface area contributed by atoms with Crippen LogP contribution in [-0.4, -0.2) is 26.7 Å². The molecule has 0 aliphatic heterocycles. The summed E-state index contributed by atoms with van der Waals surface area (Å²) in [7, 11) is -3.65. The number of sulfonamides is 1. The minimum absolute atomic E-state index is 0.0775. The topological polar surface area (TPSA) is 66.4 Å². The Morgan fingerprint density at radius 3 is 2.40 bits per heavy atom. The smallest absolute Gasteiger partial charge is 0.240 e. The van der Waals surface area contributed by atoms with Crippen LogP contribution in [0.4, 0.5) is 8.78 Å². The summed E-state index contributed by atoms with van der Waals surface area (Å²) in [5.74, 6) is -1.23. The van der Waals surface area contributed by atoms with Gasteiger partial charge in [0.05, 0.1) is 4.90 Å². The zero-order valence-electron chi connectivity index (χ0n) is 13.9. The van der Waals surface area contributed by atoms with Gasteiger partial charge in [-0.3, -0.25) is 0 Å². The maximum Gasteiger partial charge on any atom is 0.240 e. The van der Waals surface area contributed by atoms with Crippen LogP contribution in [0.5, 0.6) is 0 Å². The quantitative estimate of drug-likeness (QED) is 0.702. The molecule has 0 saturated heterocycles. The van der Waals surface area contributed by atoms with E-state index in [0.29, 0.717) is 12.0 Å². The van der Waals surface area contributed by atoms with E-state index in [4.69, 9.17) is 5.11 Å². The Kier molecular flexibility index (Phi) is 6.64. The van der Waals surface area contributed by atoms with Gasteiger partial charge in [-0.1, -0.05) is 19.1 Å². The molecule has 1 unspecified atom stereocenters. The van der Waals surface area contributed by atoms with E-state index in [2.05, 4.69) is 4.72 Å². The van der Waals surface area contributed by atoms with E-state index in [1.807, 2.05) is 6.92 Å². The lowest BCUT2D eigenvalue weighted by molar-refractivity contribution is 0.228. The highest BCUT2D eigenvalue weighted by Crippen LogP contribution is 2.24. The highest BCUT2D eigenvalue weighted by Gasteiger charge is 2.14. The van der Waals surface area contributed by atoms with E-state index in [-0.39, 0.29) is 29.5 Å². The Morgan fingerprint density at radius 2 is 1.80 bits per heavy atom. The molecule has 0 aliphatic rings. The first-order valence-electron chi connectivity index (χ1n) is 7.99. The Labute approximate surface area is 146 Å². The molecule has 0 amide bonds. The van der Waals surface area contributed by atoms with Gasteiger partial charge in [0, 0.05) is 24.8 Å². The van der Waals surface area contributed by atoms with E-state index in [0.717, 1.165) is 18.6 Å². The van der Waals surface area contributed by atoms with Crippen molar-refractivity contribution in [2.24, 2.45) is 5.92 Å². The van der Waals surface area contributed by atoms with Crippen molar-refractivity contribution in [2.75, 3.05) is 13.2 Å². The molecule has 0 fully saturated rings. The van der Waals surface area contributed by atoms with E-state index in [9.17, 15) is 17.2 Å². The normalized spacial score (nSPS) is 13.0. The monoisotopic (exact) mass is 369 g/mol. The lowest BCUT2D eigenvalue weighted by Crippen LogP contribution is -2.25. The lowest BCUT2D eigenvalue weighted by atomic mass is 10.1. The Bertz CT molecular complexity index is 808. The number of hydrogen-bond donors (Lipinski definition) is 2. The van der Waals surface area contributed by atoms with Gasteiger partial charge >= 0.3 is 0 Å². The fourth-order valence-corrected chi connectivity index (χ4v) is 3.44. The molecule has 2 rings (SSSR count). The average Bonchev–Trinajstić information content (AvgIpc) is 2.58. The number of benzene rings is 2. The predicted molar refractivity (Wildman–Crippen MR) is 92.5 cm³/mol. The highest BCUT2D eigenvalue weighted by molar-refractivity contribution is 7.89. The predicted octanol–water partition coefficient (Wildman–Crippen LogP) is 3.32. The van der Waals surface area contributed by atoms with Crippen LogP contribution in [0.2, 0.25) is 0 Å².